The van der Waals surface area contributed by atoms with E-state index in [0.29, 0.717) is 31.3 Å². The van der Waals surface area contributed by atoms with E-state index in [1.807, 2.05) is 16.9 Å². The molecule has 3 aromatic rings. The number of aromatic nitrogens is 5. The maximum atomic E-state index is 13.3. The fourth-order valence-corrected chi connectivity index (χ4v) is 5.26. The Hall–Kier alpha value is -2.92. The van der Waals surface area contributed by atoms with Crippen LogP contribution in [0.25, 0.3) is 11.3 Å². The van der Waals surface area contributed by atoms with E-state index in [1.54, 1.807) is 6.20 Å². The number of nitrogens with zero attached hydrogens (tertiary/aromatic N) is 5. The van der Waals surface area contributed by atoms with E-state index in [2.05, 4.69) is 25.0 Å². The van der Waals surface area contributed by atoms with Gasteiger partial charge in [-0.15, -0.1) is 0 Å². The van der Waals surface area contributed by atoms with Gasteiger partial charge in [0.2, 0.25) is 0 Å². The van der Waals surface area contributed by atoms with Gasteiger partial charge in [0.25, 0.3) is 0 Å². The van der Waals surface area contributed by atoms with Crippen LogP contribution in [-0.2, 0) is 23.1 Å². The van der Waals surface area contributed by atoms with Crippen molar-refractivity contribution < 1.29 is 17.9 Å². The van der Waals surface area contributed by atoms with Crippen molar-refractivity contribution >= 4 is 5.82 Å². The first kappa shape index (κ1) is 20.7. The quantitative estimate of drug-likeness (QED) is 0.621. The minimum absolute atomic E-state index is 0.219. The summed E-state index contributed by atoms with van der Waals surface area (Å²) in [6.45, 7) is 2.60. The van der Waals surface area contributed by atoms with Crippen LogP contribution in [0.3, 0.4) is 0 Å². The molecule has 3 N–H and O–H groups in total. The van der Waals surface area contributed by atoms with E-state index in [9.17, 15) is 13.2 Å². The number of nitrogens with two attached hydrogens (primary N) is 1. The number of alkyl halides is 3. The first-order valence-electron chi connectivity index (χ1n) is 11.1. The molecular weight excluding hydrogens is 435 g/mol. The van der Waals surface area contributed by atoms with Gasteiger partial charge in [0.1, 0.15) is 17.2 Å². The molecule has 3 aromatic heterocycles. The third-order valence-electron chi connectivity index (χ3n) is 6.97. The van der Waals surface area contributed by atoms with Gasteiger partial charge in [-0.05, 0) is 37.3 Å². The molecule has 11 heteroatoms. The molecule has 2 aliphatic heterocycles. The number of ether oxygens (including phenoxy) is 1. The molecule has 2 fully saturated rings. The SMILES string of the molecule is Nc1ncc(-c2cc3n(n2)CCO[C@@]32CCN([C@@H](c3ncc[nH]3)C3CC3)C2)cc1C(F)(F)F. The minimum atomic E-state index is -4.58. The van der Waals surface area contributed by atoms with Crippen LogP contribution in [0.5, 0.6) is 0 Å². The van der Waals surface area contributed by atoms with Crippen LogP contribution in [0.15, 0.2) is 30.7 Å². The summed E-state index contributed by atoms with van der Waals surface area (Å²) in [5.74, 6) is 1.02. The molecule has 1 aliphatic carbocycles. The smallest absolute Gasteiger partial charge is 0.383 e. The lowest BCUT2D eigenvalue weighted by molar-refractivity contribution is -0.137. The van der Waals surface area contributed by atoms with Crippen molar-refractivity contribution in [3.63, 3.8) is 0 Å². The first-order chi connectivity index (χ1) is 15.8. The molecule has 0 unspecified atom stereocenters. The van der Waals surface area contributed by atoms with Crippen molar-refractivity contribution in [3.8, 4) is 11.3 Å². The number of halogens is 3. The van der Waals surface area contributed by atoms with Gasteiger partial charge in [-0.3, -0.25) is 9.58 Å². The highest BCUT2D eigenvalue weighted by atomic mass is 19.4. The molecule has 3 aliphatic rings. The standard InChI is InChI=1S/C22H24F3N7O/c23-22(24,25)15-9-14(11-29-19(15)26)16-10-17-21(33-8-7-32(17)30-16)3-6-31(12-21)18(13-1-2-13)20-27-4-5-28-20/h4-5,9-11,13,18H,1-3,6-8,12H2,(H2,26,29)(H,27,28)/t18-,21-/m1/s1. The molecule has 0 radical (unpaired) electrons. The normalized spacial score (nSPS) is 24.3. The van der Waals surface area contributed by atoms with Gasteiger partial charge in [0, 0.05) is 37.2 Å². The number of hydrogen-bond donors (Lipinski definition) is 2. The second kappa shape index (κ2) is 7.29. The number of nitrogens with one attached hydrogen (secondary N) is 1. The third kappa shape index (κ3) is 3.50. The Labute approximate surface area is 188 Å². The fraction of sp³-hybridized carbons (Fsp3) is 0.500. The highest BCUT2D eigenvalue weighted by Crippen LogP contribution is 2.49. The van der Waals surface area contributed by atoms with Crippen LogP contribution < -0.4 is 5.73 Å². The molecule has 1 saturated heterocycles. The second-order valence-corrected chi connectivity index (χ2v) is 9.11. The summed E-state index contributed by atoms with van der Waals surface area (Å²) in [7, 11) is 0. The highest BCUT2D eigenvalue weighted by Gasteiger charge is 2.50. The van der Waals surface area contributed by atoms with Gasteiger partial charge in [0.15, 0.2) is 0 Å². The van der Waals surface area contributed by atoms with E-state index in [0.717, 1.165) is 30.6 Å². The second-order valence-electron chi connectivity index (χ2n) is 9.11. The van der Waals surface area contributed by atoms with Crippen LogP contribution in [0.4, 0.5) is 19.0 Å². The molecule has 1 spiro atoms. The molecule has 33 heavy (non-hydrogen) atoms. The van der Waals surface area contributed by atoms with Gasteiger partial charge in [-0.1, -0.05) is 0 Å². The van der Waals surface area contributed by atoms with E-state index in [-0.39, 0.29) is 11.6 Å². The van der Waals surface area contributed by atoms with Crippen LogP contribution >= 0.6 is 0 Å². The summed E-state index contributed by atoms with van der Waals surface area (Å²) < 4.78 is 48.2. The number of imidazole rings is 1. The largest absolute Gasteiger partial charge is 0.419 e. The molecule has 0 amide bonds. The fourth-order valence-electron chi connectivity index (χ4n) is 5.26. The summed E-state index contributed by atoms with van der Waals surface area (Å²) in [5, 5.41) is 4.61. The van der Waals surface area contributed by atoms with Crippen molar-refractivity contribution in [2.24, 2.45) is 5.92 Å². The Kier molecular flexibility index (Phi) is 4.57. The third-order valence-corrected chi connectivity index (χ3v) is 6.97. The number of H-pyrrole nitrogens is 1. The molecule has 1 saturated carbocycles. The summed E-state index contributed by atoms with van der Waals surface area (Å²) in [4.78, 5) is 14.0. The van der Waals surface area contributed by atoms with Crippen molar-refractivity contribution in [2.75, 3.05) is 25.4 Å². The first-order valence-corrected chi connectivity index (χ1v) is 11.1. The topological polar surface area (TPSA) is 97.9 Å². The maximum absolute atomic E-state index is 13.3. The molecule has 2 atom stereocenters. The van der Waals surface area contributed by atoms with Crippen LogP contribution in [-0.4, -0.2) is 49.3 Å². The number of hydrogen-bond acceptors (Lipinski definition) is 6. The maximum Gasteiger partial charge on any atom is 0.419 e. The predicted molar refractivity (Wildman–Crippen MR) is 113 cm³/mol. The number of rotatable bonds is 4. The molecule has 0 bridgehead atoms. The molecule has 0 aromatic carbocycles. The Balaban J connectivity index is 1.33. The highest BCUT2D eigenvalue weighted by molar-refractivity contribution is 5.63. The predicted octanol–water partition coefficient (Wildman–Crippen LogP) is 3.35. The lowest BCUT2D eigenvalue weighted by Gasteiger charge is -2.35. The molecule has 5 heterocycles. The van der Waals surface area contributed by atoms with Crippen molar-refractivity contribution in [1.29, 1.82) is 0 Å². The summed E-state index contributed by atoms with van der Waals surface area (Å²) in [6, 6.07) is 3.08. The number of fused-ring (bicyclic) bond motifs is 2. The minimum Gasteiger partial charge on any atom is -0.383 e. The number of anilines is 1. The zero-order valence-electron chi connectivity index (χ0n) is 17.8. The van der Waals surface area contributed by atoms with Crippen molar-refractivity contribution in [1.82, 2.24) is 29.6 Å². The van der Waals surface area contributed by atoms with Gasteiger partial charge >= 0.3 is 6.18 Å². The Morgan fingerprint density at radius 2 is 2.06 bits per heavy atom. The van der Waals surface area contributed by atoms with E-state index in [1.165, 1.54) is 19.0 Å². The van der Waals surface area contributed by atoms with Gasteiger partial charge < -0.3 is 15.5 Å². The van der Waals surface area contributed by atoms with Crippen LogP contribution in [0.1, 0.15) is 42.4 Å². The number of pyridine rings is 1. The monoisotopic (exact) mass is 459 g/mol. The zero-order chi connectivity index (χ0) is 22.8. The van der Waals surface area contributed by atoms with Crippen molar-refractivity contribution in [2.45, 2.75) is 43.6 Å². The summed E-state index contributed by atoms with van der Waals surface area (Å²) in [5.41, 5.74) is 5.60. The molecule has 174 valence electrons. The Morgan fingerprint density at radius 1 is 1.21 bits per heavy atom. The molecule has 6 rings (SSSR count). The van der Waals surface area contributed by atoms with Gasteiger partial charge in [0.05, 0.1) is 36.1 Å². The molecular formula is C22H24F3N7O. The Bertz CT molecular complexity index is 1170. The average molecular weight is 459 g/mol. The van der Waals surface area contributed by atoms with E-state index < -0.39 is 23.2 Å². The number of aromatic amines is 1. The van der Waals surface area contributed by atoms with E-state index >= 15 is 0 Å². The number of likely N-dealkylation sites (tertiary alicyclic amines) is 1. The van der Waals surface area contributed by atoms with Crippen molar-refractivity contribution in [3.05, 3.63) is 47.8 Å². The van der Waals surface area contributed by atoms with Gasteiger partial charge in [-0.2, -0.15) is 18.3 Å². The summed E-state index contributed by atoms with van der Waals surface area (Å²) in [6.07, 6.45) is 3.55. The lowest BCUT2D eigenvalue weighted by Crippen LogP contribution is -2.41. The van der Waals surface area contributed by atoms with Crippen LogP contribution in [0.2, 0.25) is 0 Å². The van der Waals surface area contributed by atoms with E-state index in [4.69, 9.17) is 10.5 Å². The lowest BCUT2D eigenvalue weighted by atomic mass is 9.96. The average Bonchev–Trinajstić information content (AvgIpc) is 3.16. The number of nitrogen functional groups attached to an aromatic ring is 1. The summed E-state index contributed by atoms with van der Waals surface area (Å²) >= 11 is 0. The zero-order valence-corrected chi connectivity index (χ0v) is 17.8. The Morgan fingerprint density at radius 3 is 2.79 bits per heavy atom. The van der Waals surface area contributed by atoms with Crippen LogP contribution in [0, 0.1) is 5.92 Å². The molecule has 8 nitrogen and oxygen atoms in total. The van der Waals surface area contributed by atoms with Gasteiger partial charge in [-0.25, -0.2) is 9.97 Å².